The van der Waals surface area contributed by atoms with Gasteiger partial charge in [-0.05, 0) is 25.7 Å². The van der Waals surface area contributed by atoms with E-state index in [1.54, 1.807) is 0 Å². The van der Waals surface area contributed by atoms with Gasteiger partial charge in [-0.25, -0.2) is 9.87 Å². The van der Waals surface area contributed by atoms with E-state index < -0.39 is 29.9 Å². The molecule has 0 spiro atoms. The molecule has 3 N–H and O–H groups in total. The third kappa shape index (κ3) is 5.95. The standard InChI is InChI=1S/C17H30FN3O4/c1-3-5-8-12(14(18)16(23)20-25)17(24)21-11-7-9-13(21)15(22)19-10-6-4-2/h12-14,25H,3-11H2,1-2H3,(H,19,22)(H,20,23)/t12?,13-,14?/m0/s1. The molecule has 25 heavy (non-hydrogen) atoms. The molecular formula is C17H30FN3O4. The summed E-state index contributed by atoms with van der Waals surface area (Å²) in [5.41, 5.74) is 1.27. The quantitative estimate of drug-likeness (QED) is 0.313. The Bertz CT molecular complexity index is 461. The van der Waals surface area contributed by atoms with E-state index >= 15 is 0 Å². The maximum atomic E-state index is 14.3. The van der Waals surface area contributed by atoms with Crippen molar-refractivity contribution < 1.29 is 24.0 Å². The van der Waals surface area contributed by atoms with Gasteiger partial charge >= 0.3 is 0 Å². The van der Waals surface area contributed by atoms with Crippen LogP contribution in [-0.2, 0) is 14.4 Å². The molecule has 3 atom stereocenters. The molecule has 0 radical (unpaired) electrons. The molecule has 0 aromatic heterocycles. The number of amides is 3. The van der Waals surface area contributed by atoms with E-state index in [1.165, 1.54) is 10.4 Å². The Hall–Kier alpha value is -1.70. The highest BCUT2D eigenvalue weighted by Gasteiger charge is 2.41. The summed E-state index contributed by atoms with van der Waals surface area (Å²) in [4.78, 5) is 37.9. The van der Waals surface area contributed by atoms with Crippen molar-refractivity contribution in [3.63, 3.8) is 0 Å². The minimum absolute atomic E-state index is 0.199. The normalized spacial score (nSPS) is 19.4. The number of carbonyl (C=O) groups excluding carboxylic acids is 3. The number of hydroxylamine groups is 1. The largest absolute Gasteiger partial charge is 0.354 e. The molecule has 0 bridgehead atoms. The first kappa shape index (κ1) is 21.3. The van der Waals surface area contributed by atoms with Gasteiger partial charge in [0, 0.05) is 13.1 Å². The van der Waals surface area contributed by atoms with Crippen LogP contribution >= 0.6 is 0 Å². The number of hydrogen-bond donors (Lipinski definition) is 3. The van der Waals surface area contributed by atoms with Gasteiger partial charge in [0.05, 0.1) is 5.92 Å². The Morgan fingerprint density at radius 1 is 1.24 bits per heavy atom. The van der Waals surface area contributed by atoms with E-state index in [0.717, 1.165) is 19.3 Å². The third-order valence-electron chi connectivity index (χ3n) is 4.57. The second-order valence-corrected chi connectivity index (χ2v) is 6.46. The second kappa shape index (κ2) is 11.0. The number of unbranched alkanes of at least 4 members (excludes halogenated alkanes) is 2. The van der Waals surface area contributed by atoms with Crippen molar-refractivity contribution in [1.82, 2.24) is 15.7 Å². The summed E-state index contributed by atoms with van der Waals surface area (Å²) >= 11 is 0. The number of halogens is 1. The summed E-state index contributed by atoms with van der Waals surface area (Å²) in [6.45, 7) is 4.84. The molecule has 1 aliphatic heterocycles. The fourth-order valence-electron chi connectivity index (χ4n) is 3.09. The molecule has 1 aliphatic rings. The summed E-state index contributed by atoms with van der Waals surface area (Å²) in [7, 11) is 0. The van der Waals surface area contributed by atoms with Crippen molar-refractivity contribution in [1.29, 1.82) is 0 Å². The predicted octanol–water partition coefficient (Wildman–Crippen LogP) is 1.54. The lowest BCUT2D eigenvalue weighted by atomic mass is 9.94. The highest BCUT2D eigenvalue weighted by Crippen LogP contribution is 2.25. The number of rotatable bonds is 10. The van der Waals surface area contributed by atoms with Crippen LogP contribution in [0.15, 0.2) is 0 Å². The minimum Gasteiger partial charge on any atom is -0.354 e. The lowest BCUT2D eigenvalue weighted by molar-refractivity contribution is -0.149. The maximum absolute atomic E-state index is 14.3. The van der Waals surface area contributed by atoms with Gasteiger partial charge in [-0.3, -0.25) is 19.6 Å². The lowest BCUT2D eigenvalue weighted by Gasteiger charge is -2.29. The minimum atomic E-state index is -2.13. The zero-order valence-electron chi connectivity index (χ0n) is 15.1. The SMILES string of the molecule is CCCCNC(=O)[C@@H]1CCCN1C(=O)C(CCCC)C(F)C(=O)NO. The van der Waals surface area contributed by atoms with E-state index in [2.05, 4.69) is 5.32 Å². The van der Waals surface area contributed by atoms with Crippen LogP contribution < -0.4 is 10.8 Å². The van der Waals surface area contributed by atoms with E-state index in [1.807, 2.05) is 13.8 Å². The van der Waals surface area contributed by atoms with Crippen molar-refractivity contribution in [2.75, 3.05) is 13.1 Å². The average Bonchev–Trinajstić information content (AvgIpc) is 3.10. The molecule has 0 aliphatic carbocycles. The molecule has 2 unspecified atom stereocenters. The molecule has 144 valence electrons. The number of nitrogens with one attached hydrogen (secondary N) is 2. The van der Waals surface area contributed by atoms with Gasteiger partial charge in [0.25, 0.3) is 5.91 Å². The molecule has 1 rings (SSSR count). The number of hydrogen-bond acceptors (Lipinski definition) is 4. The van der Waals surface area contributed by atoms with Crippen LogP contribution in [0.1, 0.15) is 58.8 Å². The smallest absolute Gasteiger partial charge is 0.278 e. The van der Waals surface area contributed by atoms with E-state index in [9.17, 15) is 18.8 Å². The molecule has 1 fully saturated rings. The summed E-state index contributed by atoms with van der Waals surface area (Å²) in [6, 6.07) is -0.613. The van der Waals surface area contributed by atoms with Crippen molar-refractivity contribution in [2.45, 2.75) is 71.0 Å². The van der Waals surface area contributed by atoms with E-state index in [4.69, 9.17) is 5.21 Å². The van der Waals surface area contributed by atoms with Crippen LogP contribution in [0.4, 0.5) is 4.39 Å². The number of likely N-dealkylation sites (tertiary alicyclic amines) is 1. The van der Waals surface area contributed by atoms with Crippen molar-refractivity contribution >= 4 is 17.7 Å². The van der Waals surface area contributed by atoms with E-state index in [0.29, 0.717) is 32.4 Å². The number of carbonyl (C=O) groups is 3. The average molecular weight is 359 g/mol. The van der Waals surface area contributed by atoms with Crippen molar-refractivity contribution in [2.24, 2.45) is 5.92 Å². The van der Waals surface area contributed by atoms with Gasteiger partial charge < -0.3 is 10.2 Å². The molecule has 7 nitrogen and oxygen atoms in total. The molecule has 0 aromatic carbocycles. The lowest BCUT2D eigenvalue weighted by Crippen LogP contribution is -2.51. The van der Waals surface area contributed by atoms with Crippen LogP contribution in [0.3, 0.4) is 0 Å². The monoisotopic (exact) mass is 359 g/mol. The first-order chi connectivity index (χ1) is 12.0. The Balaban J connectivity index is 2.82. The van der Waals surface area contributed by atoms with Crippen molar-refractivity contribution in [3.8, 4) is 0 Å². The van der Waals surface area contributed by atoms with Crippen LogP contribution in [-0.4, -0.2) is 53.1 Å². The van der Waals surface area contributed by atoms with Gasteiger partial charge in [0.15, 0.2) is 6.17 Å². The van der Waals surface area contributed by atoms with Crippen LogP contribution in [0, 0.1) is 5.92 Å². The van der Waals surface area contributed by atoms with Crippen LogP contribution in [0.25, 0.3) is 0 Å². The molecule has 1 heterocycles. The fraction of sp³-hybridized carbons (Fsp3) is 0.824. The number of alkyl halides is 1. The second-order valence-electron chi connectivity index (χ2n) is 6.46. The Kier molecular flexibility index (Phi) is 9.41. The highest BCUT2D eigenvalue weighted by atomic mass is 19.1. The van der Waals surface area contributed by atoms with Crippen molar-refractivity contribution in [3.05, 3.63) is 0 Å². The Labute approximate surface area is 148 Å². The van der Waals surface area contributed by atoms with E-state index in [-0.39, 0.29) is 12.3 Å². The summed E-state index contributed by atoms with van der Waals surface area (Å²) in [5, 5.41) is 11.5. The number of nitrogens with zero attached hydrogens (tertiary/aromatic N) is 1. The Morgan fingerprint density at radius 3 is 2.52 bits per heavy atom. The molecule has 0 saturated carbocycles. The van der Waals surface area contributed by atoms with Gasteiger partial charge in [-0.15, -0.1) is 0 Å². The third-order valence-corrected chi connectivity index (χ3v) is 4.57. The van der Waals surface area contributed by atoms with Gasteiger partial charge in [-0.1, -0.05) is 33.1 Å². The molecule has 1 saturated heterocycles. The first-order valence-corrected chi connectivity index (χ1v) is 9.14. The Morgan fingerprint density at radius 2 is 1.92 bits per heavy atom. The van der Waals surface area contributed by atoms with Gasteiger partial charge in [-0.2, -0.15) is 0 Å². The summed E-state index contributed by atoms with van der Waals surface area (Å²) < 4.78 is 14.3. The van der Waals surface area contributed by atoms with Crippen LogP contribution in [0.5, 0.6) is 0 Å². The zero-order valence-corrected chi connectivity index (χ0v) is 15.1. The predicted molar refractivity (Wildman–Crippen MR) is 90.5 cm³/mol. The van der Waals surface area contributed by atoms with Gasteiger partial charge in [0.1, 0.15) is 6.04 Å². The summed E-state index contributed by atoms with van der Waals surface area (Å²) in [6.07, 6.45) is 2.41. The molecule has 3 amide bonds. The van der Waals surface area contributed by atoms with Gasteiger partial charge in [0.2, 0.25) is 11.8 Å². The zero-order chi connectivity index (χ0) is 18.8. The molecule has 8 heteroatoms. The summed E-state index contributed by atoms with van der Waals surface area (Å²) in [5.74, 6) is -3.16. The van der Waals surface area contributed by atoms with Crippen LogP contribution in [0.2, 0.25) is 0 Å². The topological polar surface area (TPSA) is 98.7 Å². The molecule has 0 aromatic rings. The fourth-order valence-corrected chi connectivity index (χ4v) is 3.09. The molecular weight excluding hydrogens is 329 g/mol. The maximum Gasteiger partial charge on any atom is 0.278 e. The highest BCUT2D eigenvalue weighted by molar-refractivity contribution is 5.92. The first-order valence-electron chi connectivity index (χ1n) is 9.14.